The number of nitrogens with zero attached hydrogens (tertiary/aromatic N) is 1. The summed E-state index contributed by atoms with van der Waals surface area (Å²) in [7, 11) is 1.61. The van der Waals surface area contributed by atoms with Crippen molar-refractivity contribution in [3.63, 3.8) is 0 Å². The zero-order chi connectivity index (χ0) is 15.4. The largest absolute Gasteiger partial charge is 0.507 e. The van der Waals surface area contributed by atoms with Crippen molar-refractivity contribution in [2.24, 2.45) is 0 Å². The van der Waals surface area contributed by atoms with Gasteiger partial charge < -0.3 is 14.7 Å². The minimum atomic E-state index is -0.617. The zero-order valence-electron chi connectivity index (χ0n) is 11.7. The molecule has 0 saturated heterocycles. The lowest BCUT2D eigenvalue weighted by atomic mass is 10.1. The van der Waals surface area contributed by atoms with E-state index in [0.717, 1.165) is 0 Å². The second-order valence-electron chi connectivity index (χ2n) is 4.26. The Labute approximate surface area is 126 Å². The van der Waals surface area contributed by atoms with Crippen LogP contribution >= 0.6 is 11.3 Å². The van der Waals surface area contributed by atoms with Crippen LogP contribution in [0.25, 0.3) is 0 Å². The first-order valence-corrected chi connectivity index (χ1v) is 7.24. The van der Waals surface area contributed by atoms with Gasteiger partial charge in [-0.1, -0.05) is 6.07 Å². The van der Waals surface area contributed by atoms with E-state index in [9.17, 15) is 14.7 Å². The van der Waals surface area contributed by atoms with E-state index in [1.165, 1.54) is 28.4 Å². The molecule has 21 heavy (non-hydrogen) atoms. The minimum Gasteiger partial charge on any atom is -0.507 e. The first kappa shape index (κ1) is 15.1. The highest BCUT2D eigenvalue weighted by Gasteiger charge is 2.18. The van der Waals surface area contributed by atoms with Crippen LogP contribution < -0.4 is 4.90 Å². The van der Waals surface area contributed by atoms with Gasteiger partial charge in [-0.25, -0.2) is 4.79 Å². The number of thiophene rings is 1. The number of phenolic OH excluding ortho intramolecular Hbond substituents is 1. The van der Waals surface area contributed by atoms with Crippen molar-refractivity contribution in [1.82, 2.24) is 0 Å². The summed E-state index contributed by atoms with van der Waals surface area (Å²) in [4.78, 5) is 26.0. The van der Waals surface area contributed by atoms with Crippen molar-refractivity contribution >= 4 is 28.9 Å². The van der Waals surface area contributed by atoms with Crippen molar-refractivity contribution in [3.8, 4) is 5.75 Å². The lowest BCUT2D eigenvalue weighted by molar-refractivity contribution is 0.0523. The molecule has 110 valence electrons. The fraction of sp³-hybridized carbons (Fsp3) is 0.200. The van der Waals surface area contributed by atoms with Crippen LogP contribution in [0.2, 0.25) is 0 Å². The molecule has 1 amide bonds. The molecule has 1 aromatic heterocycles. The summed E-state index contributed by atoms with van der Waals surface area (Å²) in [6.45, 7) is 1.90. The SMILES string of the molecule is CCOC(=O)c1cc(N(C)C(=O)c2cccs2)ccc1O. The van der Waals surface area contributed by atoms with Gasteiger partial charge in [0.2, 0.25) is 0 Å². The summed E-state index contributed by atoms with van der Waals surface area (Å²) in [5.74, 6) is -0.964. The van der Waals surface area contributed by atoms with Crippen LogP contribution in [0.15, 0.2) is 35.7 Å². The normalized spacial score (nSPS) is 10.2. The molecule has 1 aromatic carbocycles. The molecule has 0 aliphatic rings. The van der Waals surface area contributed by atoms with Gasteiger partial charge in [-0.3, -0.25) is 4.79 Å². The average molecular weight is 305 g/mol. The molecule has 0 aliphatic heterocycles. The molecule has 0 fully saturated rings. The maximum atomic E-state index is 12.3. The van der Waals surface area contributed by atoms with Crippen LogP contribution in [-0.2, 0) is 4.74 Å². The first-order chi connectivity index (χ1) is 10.0. The van der Waals surface area contributed by atoms with Crippen LogP contribution in [0.3, 0.4) is 0 Å². The first-order valence-electron chi connectivity index (χ1n) is 6.36. The number of hydrogen-bond donors (Lipinski definition) is 1. The summed E-state index contributed by atoms with van der Waals surface area (Å²) in [5.41, 5.74) is 0.550. The van der Waals surface area contributed by atoms with Crippen LogP contribution in [0, 0.1) is 0 Å². The summed E-state index contributed by atoms with van der Waals surface area (Å²) in [6.07, 6.45) is 0. The topological polar surface area (TPSA) is 66.8 Å². The van der Waals surface area contributed by atoms with Crippen molar-refractivity contribution in [2.75, 3.05) is 18.6 Å². The molecule has 6 heteroatoms. The third-order valence-corrected chi connectivity index (χ3v) is 3.76. The van der Waals surface area contributed by atoms with E-state index < -0.39 is 5.97 Å². The van der Waals surface area contributed by atoms with Crippen molar-refractivity contribution < 1.29 is 19.4 Å². The molecule has 0 saturated carbocycles. The van der Waals surface area contributed by atoms with Crippen molar-refractivity contribution in [2.45, 2.75) is 6.92 Å². The zero-order valence-corrected chi connectivity index (χ0v) is 12.5. The molecule has 1 N–H and O–H groups in total. The van der Waals surface area contributed by atoms with Crippen molar-refractivity contribution in [1.29, 1.82) is 0 Å². The molecular formula is C15H15NO4S. The third kappa shape index (κ3) is 3.22. The number of anilines is 1. The summed E-state index contributed by atoms with van der Waals surface area (Å²) < 4.78 is 4.88. The molecular weight excluding hydrogens is 290 g/mol. The van der Waals surface area contributed by atoms with E-state index in [2.05, 4.69) is 0 Å². The van der Waals surface area contributed by atoms with Gasteiger partial charge in [0, 0.05) is 12.7 Å². The van der Waals surface area contributed by atoms with E-state index in [4.69, 9.17) is 4.74 Å². The quantitative estimate of drug-likeness (QED) is 0.882. The predicted octanol–water partition coefficient (Wildman–Crippen LogP) is 2.91. The number of esters is 1. The van der Waals surface area contributed by atoms with Crippen LogP contribution in [0.4, 0.5) is 5.69 Å². The fourth-order valence-electron chi connectivity index (χ4n) is 1.79. The van der Waals surface area contributed by atoms with Crippen molar-refractivity contribution in [3.05, 3.63) is 46.2 Å². The summed E-state index contributed by atoms with van der Waals surface area (Å²) >= 11 is 1.34. The number of aromatic hydroxyl groups is 1. The number of ether oxygens (including phenoxy) is 1. The smallest absolute Gasteiger partial charge is 0.341 e. The van der Waals surface area contributed by atoms with Gasteiger partial charge in [-0.15, -0.1) is 11.3 Å². The number of rotatable bonds is 4. The Balaban J connectivity index is 2.30. The number of carbonyl (C=O) groups excluding carboxylic acids is 2. The Morgan fingerprint density at radius 3 is 2.71 bits per heavy atom. The molecule has 2 rings (SSSR count). The second kappa shape index (κ2) is 6.41. The Morgan fingerprint density at radius 2 is 2.10 bits per heavy atom. The van der Waals surface area contributed by atoms with Gasteiger partial charge in [-0.05, 0) is 36.6 Å². The second-order valence-corrected chi connectivity index (χ2v) is 5.21. The lowest BCUT2D eigenvalue weighted by Gasteiger charge is -2.17. The predicted molar refractivity (Wildman–Crippen MR) is 81.1 cm³/mol. The molecule has 5 nitrogen and oxygen atoms in total. The molecule has 0 aliphatic carbocycles. The standard InChI is InChI=1S/C15H15NO4S/c1-3-20-15(19)11-9-10(6-7-12(11)17)16(2)14(18)13-5-4-8-21-13/h4-9,17H,3H2,1-2H3. The Morgan fingerprint density at radius 1 is 1.33 bits per heavy atom. The molecule has 0 spiro atoms. The maximum Gasteiger partial charge on any atom is 0.341 e. The molecule has 0 bridgehead atoms. The molecule has 1 heterocycles. The lowest BCUT2D eigenvalue weighted by Crippen LogP contribution is -2.25. The Hall–Kier alpha value is -2.34. The molecule has 2 aromatic rings. The third-order valence-electron chi connectivity index (χ3n) is 2.90. The van der Waals surface area contributed by atoms with Gasteiger partial charge in [0.15, 0.2) is 0 Å². The molecule has 0 radical (unpaired) electrons. The van der Waals surface area contributed by atoms with Gasteiger partial charge in [0.05, 0.1) is 11.5 Å². The average Bonchev–Trinajstić information content (AvgIpc) is 3.00. The van der Waals surface area contributed by atoms with Gasteiger partial charge in [0.1, 0.15) is 11.3 Å². The van der Waals surface area contributed by atoms with Crippen LogP contribution in [-0.4, -0.2) is 30.6 Å². The van der Waals surface area contributed by atoms with E-state index in [0.29, 0.717) is 10.6 Å². The minimum absolute atomic E-state index is 0.0418. The number of phenols is 1. The summed E-state index contributed by atoms with van der Waals surface area (Å²) in [6, 6.07) is 7.92. The van der Waals surface area contributed by atoms with Crippen LogP contribution in [0.5, 0.6) is 5.75 Å². The van der Waals surface area contributed by atoms with Gasteiger partial charge in [-0.2, -0.15) is 0 Å². The Bertz CT molecular complexity index is 652. The number of benzene rings is 1. The van der Waals surface area contributed by atoms with Gasteiger partial charge >= 0.3 is 5.97 Å². The summed E-state index contributed by atoms with van der Waals surface area (Å²) in [5, 5.41) is 11.6. The number of amides is 1. The van der Waals surface area contributed by atoms with Crippen LogP contribution in [0.1, 0.15) is 27.0 Å². The highest BCUT2D eigenvalue weighted by molar-refractivity contribution is 7.12. The van der Waals surface area contributed by atoms with Gasteiger partial charge in [0.25, 0.3) is 5.91 Å². The van der Waals surface area contributed by atoms with E-state index in [1.807, 2.05) is 5.38 Å². The molecule has 0 atom stereocenters. The van der Waals surface area contributed by atoms with E-state index >= 15 is 0 Å². The Kier molecular flexibility index (Phi) is 4.59. The highest BCUT2D eigenvalue weighted by Crippen LogP contribution is 2.26. The number of carbonyl (C=O) groups is 2. The fourth-order valence-corrected chi connectivity index (χ4v) is 2.49. The van der Waals surface area contributed by atoms with E-state index in [1.54, 1.807) is 32.2 Å². The monoisotopic (exact) mass is 305 g/mol. The number of hydrogen-bond acceptors (Lipinski definition) is 5. The van der Waals surface area contributed by atoms with E-state index in [-0.39, 0.29) is 23.8 Å². The highest BCUT2D eigenvalue weighted by atomic mass is 32.1. The maximum absolute atomic E-state index is 12.3. The molecule has 0 unspecified atom stereocenters.